The van der Waals surface area contributed by atoms with Crippen molar-refractivity contribution >= 4 is 23.3 Å². The fourth-order valence-corrected chi connectivity index (χ4v) is 2.42. The van der Waals surface area contributed by atoms with E-state index in [-0.39, 0.29) is 24.6 Å². The number of nitrogens with zero attached hydrogens (tertiary/aromatic N) is 2. The zero-order valence-corrected chi connectivity index (χ0v) is 12.5. The second-order valence-corrected chi connectivity index (χ2v) is 5.15. The van der Waals surface area contributed by atoms with E-state index in [9.17, 15) is 19.7 Å². The van der Waals surface area contributed by atoms with Gasteiger partial charge >= 0.3 is 5.97 Å². The molecule has 1 heterocycles. The number of nitrogens with one attached hydrogen (secondary N) is 1. The number of benzene rings is 1. The molecule has 0 unspecified atom stereocenters. The summed E-state index contributed by atoms with van der Waals surface area (Å²) in [5, 5.41) is 22.7. The number of non-ortho nitro benzene ring substituents is 1. The smallest absolute Gasteiger partial charge is 0.308 e. The first-order chi connectivity index (χ1) is 10.9. The van der Waals surface area contributed by atoms with Crippen LogP contribution in [0.1, 0.15) is 6.42 Å². The number of nitro groups is 1. The van der Waals surface area contributed by atoms with E-state index in [2.05, 4.69) is 5.32 Å². The fraction of sp³-hybridized carbons (Fsp3) is 0.429. The van der Waals surface area contributed by atoms with Crippen LogP contribution in [0.25, 0.3) is 0 Å². The number of carbonyl (C=O) groups excluding carboxylic acids is 1. The summed E-state index contributed by atoms with van der Waals surface area (Å²) in [5.41, 5.74) is 0.492. The van der Waals surface area contributed by atoms with Crippen molar-refractivity contribution in [3.05, 3.63) is 28.3 Å². The van der Waals surface area contributed by atoms with Crippen LogP contribution in [0.15, 0.2) is 18.2 Å². The van der Waals surface area contributed by atoms with Gasteiger partial charge in [0, 0.05) is 32.1 Å². The molecule has 1 aromatic carbocycles. The van der Waals surface area contributed by atoms with Crippen LogP contribution in [0.2, 0.25) is 0 Å². The van der Waals surface area contributed by atoms with E-state index >= 15 is 0 Å². The van der Waals surface area contributed by atoms with Gasteiger partial charge in [0.05, 0.1) is 29.7 Å². The SMILES string of the molecule is COc1cc([N+](=O)[O-])ccc1NCCN1C[C@@H](C(=O)O)CC1=O. The Hall–Kier alpha value is -2.84. The van der Waals surface area contributed by atoms with E-state index in [0.717, 1.165) is 0 Å². The maximum Gasteiger partial charge on any atom is 0.308 e. The van der Waals surface area contributed by atoms with Crippen LogP contribution in [0.5, 0.6) is 5.75 Å². The Kier molecular flexibility index (Phi) is 4.99. The molecule has 0 aromatic heterocycles. The number of rotatable bonds is 7. The second-order valence-electron chi connectivity index (χ2n) is 5.15. The number of hydrogen-bond acceptors (Lipinski definition) is 6. The van der Waals surface area contributed by atoms with Gasteiger partial charge in [-0.25, -0.2) is 0 Å². The van der Waals surface area contributed by atoms with Crippen molar-refractivity contribution in [3.8, 4) is 5.75 Å². The van der Waals surface area contributed by atoms with Crippen molar-refractivity contribution in [1.29, 1.82) is 0 Å². The van der Waals surface area contributed by atoms with Crippen LogP contribution in [-0.2, 0) is 9.59 Å². The van der Waals surface area contributed by atoms with Gasteiger partial charge in [0.15, 0.2) is 0 Å². The molecular weight excluding hydrogens is 306 g/mol. The lowest BCUT2D eigenvalue weighted by Crippen LogP contribution is -2.31. The van der Waals surface area contributed by atoms with Crippen LogP contribution >= 0.6 is 0 Å². The first-order valence-corrected chi connectivity index (χ1v) is 6.99. The summed E-state index contributed by atoms with van der Waals surface area (Å²) < 4.78 is 5.10. The molecule has 2 rings (SSSR count). The van der Waals surface area contributed by atoms with Gasteiger partial charge in [-0.15, -0.1) is 0 Å². The first-order valence-electron chi connectivity index (χ1n) is 6.99. The number of nitro benzene ring substituents is 1. The van der Waals surface area contributed by atoms with E-state index in [0.29, 0.717) is 24.5 Å². The number of methoxy groups -OCH3 is 1. The van der Waals surface area contributed by atoms with Crippen molar-refractivity contribution in [2.75, 3.05) is 32.1 Å². The van der Waals surface area contributed by atoms with Crippen LogP contribution in [-0.4, -0.2) is 53.6 Å². The molecule has 9 nitrogen and oxygen atoms in total. The summed E-state index contributed by atoms with van der Waals surface area (Å²) in [6.07, 6.45) is 0.0240. The molecule has 9 heteroatoms. The lowest BCUT2D eigenvalue weighted by atomic mass is 10.1. The summed E-state index contributed by atoms with van der Waals surface area (Å²) in [7, 11) is 1.41. The lowest BCUT2D eigenvalue weighted by molar-refractivity contribution is -0.384. The fourth-order valence-electron chi connectivity index (χ4n) is 2.42. The van der Waals surface area contributed by atoms with Gasteiger partial charge in [-0.2, -0.15) is 0 Å². The third kappa shape index (κ3) is 3.87. The van der Waals surface area contributed by atoms with Crippen LogP contribution < -0.4 is 10.1 Å². The third-order valence-electron chi connectivity index (χ3n) is 3.66. The molecular formula is C14H17N3O6. The molecule has 1 fully saturated rings. The third-order valence-corrected chi connectivity index (χ3v) is 3.66. The molecule has 2 N–H and O–H groups in total. The Morgan fingerprint density at radius 2 is 2.30 bits per heavy atom. The number of aliphatic carboxylic acids is 1. The van der Waals surface area contributed by atoms with Crippen molar-refractivity contribution < 1.29 is 24.4 Å². The predicted octanol–water partition coefficient (Wildman–Crippen LogP) is 0.948. The molecule has 0 radical (unpaired) electrons. The molecule has 1 aromatic rings. The summed E-state index contributed by atoms with van der Waals surface area (Å²) in [5.74, 6) is -1.48. The van der Waals surface area contributed by atoms with Gasteiger partial charge in [0.1, 0.15) is 5.75 Å². The summed E-state index contributed by atoms with van der Waals surface area (Å²) in [6.45, 7) is 0.933. The van der Waals surface area contributed by atoms with E-state index in [1.807, 2.05) is 0 Å². The maximum atomic E-state index is 11.7. The Morgan fingerprint density at radius 3 is 2.87 bits per heavy atom. The van der Waals surface area contributed by atoms with E-state index in [1.165, 1.54) is 30.2 Å². The molecule has 0 saturated carbocycles. The molecule has 0 spiro atoms. The maximum absolute atomic E-state index is 11.7. The van der Waals surface area contributed by atoms with Crippen LogP contribution in [0.4, 0.5) is 11.4 Å². The van der Waals surface area contributed by atoms with Gasteiger partial charge in [0.25, 0.3) is 5.69 Å². The normalized spacial score (nSPS) is 17.2. The molecule has 23 heavy (non-hydrogen) atoms. The molecule has 0 bridgehead atoms. The van der Waals surface area contributed by atoms with Crippen molar-refractivity contribution in [3.63, 3.8) is 0 Å². The van der Waals surface area contributed by atoms with Gasteiger partial charge in [-0.1, -0.05) is 0 Å². The van der Waals surface area contributed by atoms with Crippen LogP contribution in [0, 0.1) is 16.0 Å². The molecule has 1 aliphatic heterocycles. The van der Waals surface area contributed by atoms with Gasteiger partial charge in [0.2, 0.25) is 5.91 Å². The zero-order valence-electron chi connectivity index (χ0n) is 12.5. The highest BCUT2D eigenvalue weighted by Crippen LogP contribution is 2.28. The van der Waals surface area contributed by atoms with E-state index < -0.39 is 16.8 Å². The monoisotopic (exact) mass is 323 g/mol. The average molecular weight is 323 g/mol. The summed E-state index contributed by atoms with van der Waals surface area (Å²) in [6, 6.07) is 4.19. The Labute approximate surface area is 132 Å². The molecule has 0 aliphatic carbocycles. The quantitative estimate of drug-likeness (QED) is 0.565. The Morgan fingerprint density at radius 1 is 1.57 bits per heavy atom. The predicted molar refractivity (Wildman–Crippen MR) is 80.5 cm³/mol. The second kappa shape index (κ2) is 6.95. The highest BCUT2D eigenvalue weighted by Gasteiger charge is 2.33. The Bertz CT molecular complexity index is 633. The molecule has 1 aliphatic rings. The number of carboxylic acid groups (broad SMARTS) is 1. The topological polar surface area (TPSA) is 122 Å². The highest BCUT2D eigenvalue weighted by atomic mass is 16.6. The number of likely N-dealkylation sites (tertiary alicyclic amines) is 1. The first kappa shape index (κ1) is 16.5. The van der Waals surface area contributed by atoms with Gasteiger partial charge < -0.3 is 20.1 Å². The minimum absolute atomic E-state index is 0.0240. The number of ether oxygens (including phenoxy) is 1. The van der Waals surface area contributed by atoms with Crippen molar-refractivity contribution in [1.82, 2.24) is 4.90 Å². The average Bonchev–Trinajstić information content (AvgIpc) is 2.89. The van der Waals surface area contributed by atoms with E-state index in [4.69, 9.17) is 9.84 Å². The van der Waals surface area contributed by atoms with Gasteiger partial charge in [-0.3, -0.25) is 19.7 Å². The summed E-state index contributed by atoms with van der Waals surface area (Å²) in [4.78, 5) is 34.3. The largest absolute Gasteiger partial charge is 0.494 e. The van der Waals surface area contributed by atoms with Crippen molar-refractivity contribution in [2.45, 2.75) is 6.42 Å². The lowest BCUT2D eigenvalue weighted by Gasteiger charge is -2.17. The van der Waals surface area contributed by atoms with Crippen molar-refractivity contribution in [2.24, 2.45) is 5.92 Å². The molecule has 1 atom stereocenters. The number of anilines is 1. The molecule has 1 saturated heterocycles. The zero-order chi connectivity index (χ0) is 17.0. The van der Waals surface area contributed by atoms with Gasteiger partial charge in [-0.05, 0) is 6.07 Å². The molecule has 1 amide bonds. The number of carboxylic acids is 1. The number of hydrogen-bond donors (Lipinski definition) is 2. The number of amides is 1. The minimum Gasteiger partial charge on any atom is -0.494 e. The molecule has 124 valence electrons. The Balaban J connectivity index is 1.93. The van der Waals surface area contributed by atoms with Crippen LogP contribution in [0.3, 0.4) is 0 Å². The number of carbonyl (C=O) groups is 2. The summed E-state index contributed by atoms with van der Waals surface area (Å²) >= 11 is 0. The minimum atomic E-state index is -0.967. The highest BCUT2D eigenvalue weighted by molar-refractivity contribution is 5.86. The standard InChI is InChI=1S/C14H17N3O6/c1-23-12-7-10(17(21)22)2-3-11(12)15-4-5-16-8-9(14(19)20)6-13(16)18/h2-3,7,9,15H,4-6,8H2,1H3,(H,19,20)/t9-/m0/s1. The van der Waals surface area contributed by atoms with E-state index in [1.54, 1.807) is 0 Å².